The van der Waals surface area contributed by atoms with Crippen LogP contribution in [-0.4, -0.2) is 63.8 Å². The topological polar surface area (TPSA) is 84.1 Å². The fraction of sp³-hybridized carbons (Fsp3) is 0.692. The van der Waals surface area contributed by atoms with E-state index in [2.05, 4.69) is 20.2 Å². The minimum atomic E-state index is -0.434. The van der Waals surface area contributed by atoms with Crippen molar-refractivity contribution in [3.63, 3.8) is 0 Å². The van der Waals surface area contributed by atoms with Gasteiger partial charge in [0.1, 0.15) is 0 Å². The van der Waals surface area contributed by atoms with Crippen molar-refractivity contribution in [1.29, 1.82) is 0 Å². The average Bonchev–Trinajstić information content (AvgIpc) is 3.08. The van der Waals surface area contributed by atoms with Gasteiger partial charge in [-0.1, -0.05) is 10.3 Å². The summed E-state index contributed by atoms with van der Waals surface area (Å²) in [6.07, 6.45) is 0.165. The predicted molar refractivity (Wildman–Crippen MR) is 73.5 cm³/mol. The first-order valence-electron chi connectivity index (χ1n) is 7.11. The van der Waals surface area contributed by atoms with E-state index in [9.17, 15) is 4.79 Å². The second-order valence-electron chi connectivity index (χ2n) is 5.46. The fourth-order valence-electron chi connectivity index (χ4n) is 2.56. The third-order valence-corrected chi connectivity index (χ3v) is 3.71. The molecule has 0 aromatic carbocycles. The number of hydrogen-bond acceptors (Lipinski definition) is 7. The maximum absolute atomic E-state index is 12.3. The van der Waals surface area contributed by atoms with Crippen molar-refractivity contribution in [2.24, 2.45) is 5.16 Å². The van der Waals surface area contributed by atoms with Crippen LogP contribution in [0.4, 0.5) is 0 Å². The Morgan fingerprint density at radius 3 is 2.62 bits per heavy atom. The lowest BCUT2D eigenvalue weighted by Crippen LogP contribution is -2.51. The van der Waals surface area contributed by atoms with Crippen LogP contribution in [0.1, 0.15) is 25.1 Å². The number of amides is 1. The summed E-state index contributed by atoms with van der Waals surface area (Å²) in [6.45, 7) is 7.28. The Hall–Kier alpha value is -1.96. The van der Waals surface area contributed by atoms with Gasteiger partial charge in [0.2, 0.25) is 12.0 Å². The van der Waals surface area contributed by atoms with Crippen molar-refractivity contribution in [2.75, 3.05) is 26.2 Å². The van der Waals surface area contributed by atoms with E-state index in [0.29, 0.717) is 37.8 Å². The summed E-state index contributed by atoms with van der Waals surface area (Å²) in [6, 6.07) is 0. The lowest BCUT2D eigenvalue weighted by Gasteiger charge is -2.34. The van der Waals surface area contributed by atoms with Crippen LogP contribution in [0.5, 0.6) is 0 Å². The van der Waals surface area contributed by atoms with Crippen molar-refractivity contribution in [2.45, 2.75) is 32.9 Å². The number of aryl methyl sites for hydroxylation is 1. The number of rotatable bonds is 3. The zero-order valence-electron chi connectivity index (χ0n) is 12.3. The molecule has 3 rings (SSSR count). The van der Waals surface area contributed by atoms with E-state index < -0.39 is 6.10 Å². The first-order valence-corrected chi connectivity index (χ1v) is 7.11. The van der Waals surface area contributed by atoms with Gasteiger partial charge in [0.05, 0.1) is 12.3 Å². The van der Waals surface area contributed by atoms with Crippen molar-refractivity contribution in [3.8, 4) is 0 Å². The lowest BCUT2D eigenvalue weighted by molar-refractivity contribution is -0.143. The molecule has 0 radical (unpaired) electrons. The van der Waals surface area contributed by atoms with Crippen LogP contribution >= 0.6 is 0 Å². The molecule has 1 unspecified atom stereocenters. The molecule has 1 fully saturated rings. The molecule has 0 aliphatic carbocycles. The molecule has 2 aliphatic heterocycles. The van der Waals surface area contributed by atoms with Crippen molar-refractivity contribution in [3.05, 3.63) is 11.7 Å². The Kier molecular flexibility index (Phi) is 3.87. The summed E-state index contributed by atoms with van der Waals surface area (Å²) in [4.78, 5) is 25.7. The van der Waals surface area contributed by atoms with Gasteiger partial charge in [0, 0.05) is 39.5 Å². The summed E-state index contributed by atoms with van der Waals surface area (Å²) in [5.74, 6) is 1.30. The van der Waals surface area contributed by atoms with Gasteiger partial charge in [-0.25, -0.2) is 0 Å². The average molecular weight is 293 g/mol. The monoisotopic (exact) mass is 293 g/mol. The van der Waals surface area contributed by atoms with E-state index >= 15 is 0 Å². The quantitative estimate of drug-likeness (QED) is 0.791. The minimum Gasteiger partial charge on any atom is -0.382 e. The number of carbonyl (C=O) groups is 1. The summed E-state index contributed by atoms with van der Waals surface area (Å²) in [5, 5.41) is 7.73. The van der Waals surface area contributed by atoms with Crippen LogP contribution in [0.15, 0.2) is 9.68 Å². The first-order chi connectivity index (χ1) is 10.1. The van der Waals surface area contributed by atoms with Crippen LogP contribution in [-0.2, 0) is 16.2 Å². The second kappa shape index (κ2) is 5.80. The predicted octanol–water partition coefficient (Wildman–Crippen LogP) is 0.187. The van der Waals surface area contributed by atoms with Crippen molar-refractivity contribution < 1.29 is 14.2 Å². The van der Waals surface area contributed by atoms with Crippen LogP contribution in [0.2, 0.25) is 0 Å². The SMILES string of the molecule is CC1=NOC(C(=O)N2CCN(Cc3noc(C)n3)CC2)C1. The molecule has 21 heavy (non-hydrogen) atoms. The molecule has 8 heteroatoms. The molecule has 3 heterocycles. The number of aromatic nitrogens is 2. The zero-order valence-corrected chi connectivity index (χ0v) is 12.3. The molecule has 1 aromatic heterocycles. The van der Waals surface area contributed by atoms with Crippen molar-refractivity contribution in [1.82, 2.24) is 19.9 Å². The molecule has 8 nitrogen and oxygen atoms in total. The molecule has 2 aliphatic rings. The largest absolute Gasteiger partial charge is 0.382 e. The highest BCUT2D eigenvalue weighted by Crippen LogP contribution is 2.15. The summed E-state index contributed by atoms with van der Waals surface area (Å²) in [7, 11) is 0. The van der Waals surface area contributed by atoms with E-state index in [1.807, 2.05) is 11.8 Å². The Bertz CT molecular complexity index is 548. The third-order valence-electron chi connectivity index (χ3n) is 3.71. The minimum absolute atomic E-state index is 0.0330. The molecule has 0 saturated carbocycles. The number of nitrogens with zero attached hydrogens (tertiary/aromatic N) is 5. The molecule has 1 aromatic rings. The summed E-state index contributed by atoms with van der Waals surface area (Å²) in [5.41, 5.74) is 0.875. The van der Waals surface area contributed by atoms with E-state index in [1.165, 1.54) is 0 Å². The summed E-state index contributed by atoms with van der Waals surface area (Å²) >= 11 is 0. The number of oxime groups is 1. The summed E-state index contributed by atoms with van der Waals surface area (Å²) < 4.78 is 4.96. The van der Waals surface area contributed by atoms with Gasteiger partial charge in [0.25, 0.3) is 5.91 Å². The number of carbonyl (C=O) groups excluding carboxylic acids is 1. The Labute approximate surface area is 122 Å². The number of piperazine rings is 1. The van der Waals surface area contributed by atoms with Crippen molar-refractivity contribution >= 4 is 11.6 Å². The van der Waals surface area contributed by atoms with Crippen LogP contribution in [0.25, 0.3) is 0 Å². The first kappa shape index (κ1) is 14.0. The van der Waals surface area contributed by atoms with Gasteiger partial charge < -0.3 is 14.3 Å². The van der Waals surface area contributed by atoms with E-state index in [-0.39, 0.29) is 5.91 Å². The molecule has 114 valence electrons. The molecule has 1 atom stereocenters. The van der Waals surface area contributed by atoms with E-state index in [1.54, 1.807) is 6.92 Å². The highest BCUT2D eigenvalue weighted by molar-refractivity contribution is 5.91. The Balaban J connectivity index is 1.47. The smallest absolute Gasteiger partial charge is 0.266 e. The van der Waals surface area contributed by atoms with E-state index in [0.717, 1.165) is 18.8 Å². The second-order valence-corrected chi connectivity index (χ2v) is 5.46. The molecule has 0 bridgehead atoms. The maximum Gasteiger partial charge on any atom is 0.266 e. The van der Waals surface area contributed by atoms with Gasteiger partial charge in [-0.15, -0.1) is 0 Å². The van der Waals surface area contributed by atoms with Gasteiger partial charge in [0.15, 0.2) is 5.82 Å². The van der Waals surface area contributed by atoms with Crippen LogP contribution in [0.3, 0.4) is 0 Å². The van der Waals surface area contributed by atoms with Crippen LogP contribution < -0.4 is 0 Å². The van der Waals surface area contributed by atoms with Crippen LogP contribution in [0, 0.1) is 6.92 Å². The third kappa shape index (κ3) is 3.21. The lowest BCUT2D eigenvalue weighted by atomic mass is 10.1. The maximum atomic E-state index is 12.3. The Morgan fingerprint density at radius 1 is 1.29 bits per heavy atom. The standard InChI is InChI=1S/C13H19N5O3/c1-9-7-11(21-15-9)13(19)18-5-3-17(4-6-18)8-12-14-10(2)20-16-12/h11H,3-8H2,1-2H3. The molecule has 1 saturated heterocycles. The molecule has 0 spiro atoms. The fourth-order valence-corrected chi connectivity index (χ4v) is 2.56. The van der Waals surface area contributed by atoms with E-state index in [4.69, 9.17) is 9.36 Å². The van der Waals surface area contributed by atoms with Gasteiger partial charge in [-0.3, -0.25) is 9.69 Å². The highest BCUT2D eigenvalue weighted by atomic mass is 16.6. The molecule has 0 N–H and O–H groups in total. The molecular formula is C13H19N5O3. The van der Waals surface area contributed by atoms with Gasteiger partial charge >= 0.3 is 0 Å². The molecule has 1 amide bonds. The highest BCUT2D eigenvalue weighted by Gasteiger charge is 2.32. The Morgan fingerprint density at radius 2 is 2.05 bits per heavy atom. The van der Waals surface area contributed by atoms with Gasteiger partial charge in [-0.2, -0.15) is 4.98 Å². The zero-order chi connectivity index (χ0) is 14.8. The molecular weight excluding hydrogens is 274 g/mol. The number of hydrogen-bond donors (Lipinski definition) is 0. The van der Waals surface area contributed by atoms with Gasteiger partial charge in [-0.05, 0) is 6.92 Å². The normalized spacial score (nSPS) is 23.0.